The number of esters is 2. The maximum Gasteiger partial charge on any atom is 0.338 e. The third-order valence-electron chi connectivity index (χ3n) is 4.62. The Kier molecular flexibility index (Phi) is 10.2. The summed E-state index contributed by atoms with van der Waals surface area (Å²) in [5.74, 6) is -1.70. The molecule has 0 spiro atoms. The van der Waals surface area contributed by atoms with Gasteiger partial charge in [0.25, 0.3) is 5.91 Å². The third-order valence-corrected chi connectivity index (χ3v) is 5.87. The molecule has 0 fully saturated rings. The van der Waals surface area contributed by atoms with Crippen LogP contribution in [0.4, 0.5) is 11.4 Å². The van der Waals surface area contributed by atoms with Crippen LogP contribution in [0.3, 0.4) is 0 Å². The fourth-order valence-electron chi connectivity index (χ4n) is 3.02. The van der Waals surface area contributed by atoms with E-state index in [4.69, 9.17) is 9.47 Å². The van der Waals surface area contributed by atoms with Crippen LogP contribution < -0.4 is 10.6 Å². The first-order valence-corrected chi connectivity index (χ1v) is 11.7. The van der Waals surface area contributed by atoms with Gasteiger partial charge >= 0.3 is 11.9 Å². The Morgan fingerprint density at radius 1 is 0.882 bits per heavy atom. The number of amides is 2. The Labute approximate surface area is 207 Å². The number of hydrogen-bond donors (Lipinski definition) is 2. The highest BCUT2D eigenvalue weighted by Crippen LogP contribution is 2.25. The molecule has 2 amide bonds. The van der Waals surface area contributed by atoms with E-state index in [1.54, 1.807) is 38.1 Å². The van der Waals surface area contributed by atoms with Crippen LogP contribution in [0.25, 0.3) is 0 Å². The van der Waals surface area contributed by atoms with Gasteiger partial charge in [-0.15, -0.1) is 0 Å². The first-order valence-electron chi connectivity index (χ1n) is 10.9. The summed E-state index contributed by atoms with van der Waals surface area (Å²) in [6, 6.07) is 9.99. The maximum atomic E-state index is 12.1. The molecule has 34 heavy (non-hydrogen) atoms. The van der Waals surface area contributed by atoms with Gasteiger partial charge in [0.05, 0.1) is 11.7 Å². The zero-order valence-electron chi connectivity index (χ0n) is 19.7. The minimum atomic E-state index is -0.556. The van der Waals surface area contributed by atoms with Gasteiger partial charge in [-0.2, -0.15) is 0 Å². The lowest BCUT2D eigenvalue weighted by atomic mass is 10.1. The number of ether oxygens (including phenoxy) is 2. The van der Waals surface area contributed by atoms with Crippen molar-refractivity contribution in [2.24, 2.45) is 0 Å². The van der Waals surface area contributed by atoms with E-state index in [9.17, 15) is 19.2 Å². The van der Waals surface area contributed by atoms with Crippen molar-refractivity contribution in [2.45, 2.75) is 53.1 Å². The molecule has 2 N–H and O–H groups in total. The monoisotopic (exact) mass is 532 g/mol. The highest BCUT2D eigenvalue weighted by molar-refractivity contribution is 9.10. The highest BCUT2D eigenvalue weighted by Gasteiger charge is 2.12. The summed E-state index contributed by atoms with van der Waals surface area (Å²) >= 11 is 3.47. The van der Waals surface area contributed by atoms with Crippen LogP contribution in [0.5, 0.6) is 0 Å². The van der Waals surface area contributed by atoms with E-state index in [2.05, 4.69) is 26.6 Å². The zero-order chi connectivity index (χ0) is 25.3. The molecule has 0 aliphatic carbocycles. The molecule has 0 bridgehead atoms. The van der Waals surface area contributed by atoms with Crippen LogP contribution in [0.1, 0.15) is 54.6 Å². The van der Waals surface area contributed by atoms with Crippen LogP contribution >= 0.6 is 15.9 Å². The number of benzene rings is 2. The van der Waals surface area contributed by atoms with Crippen molar-refractivity contribution in [1.29, 1.82) is 0 Å². The van der Waals surface area contributed by atoms with Gasteiger partial charge in [-0.3, -0.25) is 14.4 Å². The molecule has 2 rings (SSSR count). The van der Waals surface area contributed by atoms with Crippen molar-refractivity contribution in [3.05, 3.63) is 57.6 Å². The van der Waals surface area contributed by atoms with Crippen molar-refractivity contribution in [1.82, 2.24) is 0 Å². The SMILES string of the molecule is Cc1cc(NC(=O)COC(=O)CCCC(=O)Nc2ccc(C(=O)OC(C)C)cc2)cc(C)c1Br. The van der Waals surface area contributed by atoms with E-state index < -0.39 is 24.5 Å². The largest absolute Gasteiger partial charge is 0.459 e. The number of aryl methyl sites for hydroxylation is 2. The average Bonchev–Trinajstić information content (AvgIpc) is 2.76. The lowest BCUT2D eigenvalue weighted by Gasteiger charge is -2.10. The number of halogens is 1. The standard InChI is InChI=1S/C25H29BrN2O6/c1-15(2)34-25(32)18-8-10-19(11-9-18)27-21(29)6-5-7-23(31)33-14-22(30)28-20-12-16(3)24(26)17(4)13-20/h8-13,15H,5-7,14H2,1-4H3,(H,27,29)(H,28,30). The second kappa shape index (κ2) is 12.9. The number of carbonyl (C=O) groups is 4. The van der Waals surface area contributed by atoms with Gasteiger partial charge in [0.15, 0.2) is 6.61 Å². The molecule has 0 atom stereocenters. The third kappa shape index (κ3) is 8.97. The summed E-state index contributed by atoms with van der Waals surface area (Å²) < 4.78 is 11.1. The Hall–Kier alpha value is -3.20. The lowest BCUT2D eigenvalue weighted by Crippen LogP contribution is -2.21. The lowest BCUT2D eigenvalue weighted by molar-refractivity contribution is -0.147. The number of nitrogens with one attached hydrogen (secondary N) is 2. The molecule has 0 saturated carbocycles. The van der Waals surface area contributed by atoms with Gasteiger partial charge in [-0.25, -0.2) is 4.79 Å². The molecule has 8 nitrogen and oxygen atoms in total. The van der Waals surface area contributed by atoms with Crippen molar-refractivity contribution in [2.75, 3.05) is 17.2 Å². The van der Waals surface area contributed by atoms with Gasteiger partial charge in [0.1, 0.15) is 0 Å². The normalized spacial score (nSPS) is 10.5. The first kappa shape index (κ1) is 27.0. The van der Waals surface area contributed by atoms with Crippen LogP contribution in [-0.4, -0.2) is 36.5 Å². The van der Waals surface area contributed by atoms with Crippen molar-refractivity contribution >= 4 is 51.1 Å². The van der Waals surface area contributed by atoms with Crippen LogP contribution in [0, 0.1) is 13.8 Å². The second-order valence-electron chi connectivity index (χ2n) is 8.07. The van der Waals surface area contributed by atoms with Crippen molar-refractivity contribution in [3.8, 4) is 0 Å². The predicted molar refractivity (Wildman–Crippen MR) is 133 cm³/mol. The molecule has 2 aromatic rings. The van der Waals surface area contributed by atoms with E-state index in [0.29, 0.717) is 16.9 Å². The summed E-state index contributed by atoms with van der Waals surface area (Å²) in [5, 5.41) is 5.40. The molecule has 0 aliphatic heterocycles. The molecule has 0 unspecified atom stereocenters. The Balaban J connectivity index is 1.68. The van der Waals surface area contributed by atoms with E-state index >= 15 is 0 Å². The van der Waals surface area contributed by atoms with Gasteiger partial charge in [0, 0.05) is 28.7 Å². The summed E-state index contributed by atoms with van der Waals surface area (Å²) in [4.78, 5) is 47.8. The minimum absolute atomic E-state index is 0.0111. The molecule has 2 aromatic carbocycles. The maximum absolute atomic E-state index is 12.1. The molecule has 0 saturated heterocycles. The number of carbonyl (C=O) groups excluding carboxylic acids is 4. The molecule has 0 aromatic heterocycles. The Bertz CT molecular complexity index is 1030. The number of anilines is 2. The van der Waals surface area contributed by atoms with E-state index in [0.717, 1.165) is 15.6 Å². The van der Waals surface area contributed by atoms with Gasteiger partial charge in [0.2, 0.25) is 5.91 Å². The predicted octanol–water partition coefficient (Wildman–Crippen LogP) is 4.92. The summed E-state index contributed by atoms with van der Waals surface area (Å²) in [6.45, 7) is 6.97. The van der Waals surface area contributed by atoms with Gasteiger partial charge in [-0.1, -0.05) is 15.9 Å². The van der Waals surface area contributed by atoms with E-state index in [-0.39, 0.29) is 31.3 Å². The first-order chi connectivity index (χ1) is 16.0. The summed E-state index contributed by atoms with van der Waals surface area (Å²) in [7, 11) is 0. The molecular formula is C25H29BrN2O6. The average molecular weight is 533 g/mol. The molecule has 182 valence electrons. The number of rotatable bonds is 10. The fourth-order valence-corrected chi connectivity index (χ4v) is 3.25. The van der Waals surface area contributed by atoms with E-state index in [1.165, 1.54) is 0 Å². The summed E-state index contributed by atoms with van der Waals surface area (Å²) in [5.41, 5.74) is 3.51. The second-order valence-corrected chi connectivity index (χ2v) is 8.86. The number of hydrogen-bond acceptors (Lipinski definition) is 6. The van der Waals surface area contributed by atoms with E-state index in [1.807, 2.05) is 26.0 Å². The van der Waals surface area contributed by atoms with Gasteiger partial charge in [-0.05, 0) is 81.6 Å². The fraction of sp³-hybridized carbons (Fsp3) is 0.360. The molecule has 0 aliphatic rings. The molecule has 0 heterocycles. The zero-order valence-corrected chi connectivity index (χ0v) is 21.3. The Morgan fingerprint density at radius 3 is 2.06 bits per heavy atom. The molecule has 9 heteroatoms. The minimum Gasteiger partial charge on any atom is -0.459 e. The van der Waals surface area contributed by atoms with Gasteiger partial charge < -0.3 is 20.1 Å². The van der Waals surface area contributed by atoms with Crippen LogP contribution in [-0.2, 0) is 23.9 Å². The van der Waals surface area contributed by atoms with Crippen LogP contribution in [0.15, 0.2) is 40.9 Å². The quantitative estimate of drug-likeness (QED) is 0.420. The summed E-state index contributed by atoms with van der Waals surface area (Å²) in [6.07, 6.45) is 0.177. The topological polar surface area (TPSA) is 111 Å². The van der Waals surface area contributed by atoms with Crippen molar-refractivity contribution < 1.29 is 28.7 Å². The smallest absolute Gasteiger partial charge is 0.338 e. The molecule has 0 radical (unpaired) electrons. The Morgan fingerprint density at radius 2 is 1.47 bits per heavy atom. The molecular weight excluding hydrogens is 504 g/mol. The van der Waals surface area contributed by atoms with Crippen LogP contribution in [0.2, 0.25) is 0 Å². The highest BCUT2D eigenvalue weighted by atomic mass is 79.9. The van der Waals surface area contributed by atoms with Crippen molar-refractivity contribution in [3.63, 3.8) is 0 Å².